The Morgan fingerprint density at radius 3 is 2.22 bits per heavy atom. The van der Waals surface area contributed by atoms with Crippen molar-refractivity contribution < 1.29 is 33.9 Å². The molecule has 0 aromatic carbocycles. The van der Waals surface area contributed by atoms with Crippen LogP contribution in [0.4, 0.5) is 4.79 Å². The summed E-state index contributed by atoms with van der Waals surface area (Å²) in [5.41, 5.74) is 5.22. The van der Waals surface area contributed by atoms with Crippen molar-refractivity contribution in [2.75, 3.05) is 13.1 Å². The molecule has 5 amide bonds. The van der Waals surface area contributed by atoms with Crippen LogP contribution in [-0.4, -0.2) is 87.1 Å². The fraction of sp³-hybridized carbons (Fsp3) is 0.800. The quantitative estimate of drug-likeness (QED) is 0.348. The number of carbonyl (C=O) groups is 5. The molecule has 37 heavy (non-hydrogen) atoms. The highest BCUT2D eigenvalue weighted by atomic mass is 16.7. The van der Waals surface area contributed by atoms with Crippen molar-refractivity contribution in [1.82, 2.24) is 20.2 Å². The molecule has 2 fully saturated rings. The van der Waals surface area contributed by atoms with E-state index in [0.29, 0.717) is 23.9 Å². The molecule has 210 valence electrons. The first-order valence-corrected chi connectivity index (χ1v) is 13.1. The maximum Gasteiger partial charge on any atom is 0.433 e. The summed E-state index contributed by atoms with van der Waals surface area (Å²) in [6.07, 6.45) is -2.69. The minimum atomic E-state index is -1.44. The summed E-state index contributed by atoms with van der Waals surface area (Å²) in [7, 11) is 0. The number of hydrogen-bond donors (Lipinski definition) is 3. The van der Waals surface area contributed by atoms with Gasteiger partial charge < -0.3 is 26.0 Å². The van der Waals surface area contributed by atoms with Gasteiger partial charge in [0.1, 0.15) is 12.1 Å². The Balaban J connectivity index is 2.46. The molecule has 4 N–H and O–H groups in total. The molecule has 2 heterocycles. The van der Waals surface area contributed by atoms with Gasteiger partial charge in [0.2, 0.25) is 17.7 Å². The van der Waals surface area contributed by atoms with E-state index in [9.17, 15) is 29.1 Å². The first-order valence-electron chi connectivity index (χ1n) is 13.1. The standard InChI is InChI=1S/C25H43N5O7/c1-14(2)9-10-27-22(32)17(11-15(3)4)28-13-21-29(18(23(28)33)12-16(5)6)24(34)19(7-8-20(26)31)37-30(21)25(35)36/h14-19,21H,7-13H2,1-6H3,(H2,26,31)(H,27,32)(H,35,36)/t17-,18-,19+,21?/m0/s1. The van der Waals surface area contributed by atoms with Crippen molar-refractivity contribution in [2.24, 2.45) is 23.5 Å². The Hall–Kier alpha value is -2.89. The molecule has 2 rings (SSSR count). The molecule has 2 saturated heterocycles. The summed E-state index contributed by atoms with van der Waals surface area (Å²) in [5, 5.41) is 13.5. The van der Waals surface area contributed by atoms with Crippen molar-refractivity contribution in [3.8, 4) is 0 Å². The highest BCUT2D eigenvalue weighted by Crippen LogP contribution is 2.33. The molecule has 0 aliphatic carbocycles. The monoisotopic (exact) mass is 525 g/mol. The van der Waals surface area contributed by atoms with Gasteiger partial charge in [-0.2, -0.15) is 5.06 Å². The topological polar surface area (TPSA) is 163 Å². The Morgan fingerprint density at radius 2 is 1.70 bits per heavy atom. The van der Waals surface area contributed by atoms with Crippen molar-refractivity contribution in [2.45, 2.75) is 98.0 Å². The van der Waals surface area contributed by atoms with E-state index in [1.807, 2.05) is 41.5 Å². The van der Waals surface area contributed by atoms with Crippen LogP contribution in [0, 0.1) is 17.8 Å². The molecular weight excluding hydrogens is 482 g/mol. The molecule has 12 heteroatoms. The van der Waals surface area contributed by atoms with Crippen molar-refractivity contribution in [1.29, 1.82) is 0 Å². The number of nitrogens with zero attached hydrogens (tertiary/aromatic N) is 3. The van der Waals surface area contributed by atoms with Gasteiger partial charge in [-0.25, -0.2) is 4.79 Å². The van der Waals surface area contributed by atoms with Gasteiger partial charge in [-0.3, -0.25) is 24.0 Å². The minimum Gasteiger partial charge on any atom is -0.463 e. The van der Waals surface area contributed by atoms with Crippen molar-refractivity contribution in [3.05, 3.63) is 0 Å². The van der Waals surface area contributed by atoms with Gasteiger partial charge in [-0.1, -0.05) is 41.5 Å². The average molecular weight is 526 g/mol. The lowest BCUT2D eigenvalue weighted by molar-refractivity contribution is -0.267. The lowest BCUT2D eigenvalue weighted by atomic mass is 9.93. The van der Waals surface area contributed by atoms with Gasteiger partial charge >= 0.3 is 6.09 Å². The van der Waals surface area contributed by atoms with Gasteiger partial charge in [0, 0.05) is 13.0 Å². The third kappa shape index (κ3) is 7.80. The van der Waals surface area contributed by atoms with Gasteiger partial charge in [0.05, 0.1) is 6.54 Å². The molecule has 0 spiro atoms. The minimum absolute atomic E-state index is 0.00374. The third-order valence-electron chi connectivity index (χ3n) is 6.56. The zero-order valence-electron chi connectivity index (χ0n) is 22.8. The number of primary amides is 1. The van der Waals surface area contributed by atoms with Crippen LogP contribution in [0.25, 0.3) is 0 Å². The summed E-state index contributed by atoms with van der Waals surface area (Å²) < 4.78 is 0. The van der Waals surface area contributed by atoms with Gasteiger partial charge in [0.25, 0.3) is 5.91 Å². The molecular formula is C25H43N5O7. The highest BCUT2D eigenvalue weighted by Gasteiger charge is 2.54. The summed E-state index contributed by atoms with van der Waals surface area (Å²) in [5.74, 6) is -1.46. The molecule has 4 atom stereocenters. The highest BCUT2D eigenvalue weighted by molar-refractivity contribution is 5.95. The lowest BCUT2D eigenvalue weighted by Crippen LogP contribution is -2.75. The SMILES string of the molecule is CC(C)CCNC(=O)[C@H](CC(C)C)N1CC2N(C(=O)O)O[C@H](CCC(N)=O)C(=O)N2[C@@H](CC(C)C)C1=O. The number of amides is 5. The number of nitrogens with two attached hydrogens (primary N) is 1. The molecule has 0 aromatic rings. The number of fused-ring (bicyclic) bond motifs is 1. The van der Waals surface area contributed by atoms with Crippen molar-refractivity contribution >= 4 is 29.7 Å². The number of carbonyl (C=O) groups excluding carboxylic acids is 4. The van der Waals surface area contributed by atoms with E-state index in [4.69, 9.17) is 10.6 Å². The second-order valence-electron chi connectivity index (χ2n) is 11.2. The Labute approximate surface area is 218 Å². The van der Waals surface area contributed by atoms with Crippen LogP contribution >= 0.6 is 0 Å². The van der Waals surface area contributed by atoms with Crippen molar-refractivity contribution in [3.63, 3.8) is 0 Å². The normalized spacial score (nSPS) is 23.1. The summed E-state index contributed by atoms with van der Waals surface area (Å²) in [6, 6.07) is -1.80. The molecule has 0 saturated carbocycles. The summed E-state index contributed by atoms with van der Waals surface area (Å²) in [6.45, 7) is 12.0. The zero-order valence-corrected chi connectivity index (χ0v) is 22.8. The molecule has 0 aromatic heterocycles. The van der Waals surface area contributed by atoms with E-state index in [2.05, 4.69) is 5.32 Å². The van der Waals surface area contributed by atoms with E-state index in [1.54, 1.807) is 0 Å². The van der Waals surface area contributed by atoms with Gasteiger partial charge in [-0.05, 0) is 43.4 Å². The summed E-state index contributed by atoms with van der Waals surface area (Å²) in [4.78, 5) is 72.3. The van der Waals surface area contributed by atoms with Crippen LogP contribution in [0.3, 0.4) is 0 Å². The maximum atomic E-state index is 13.9. The maximum absolute atomic E-state index is 13.9. The third-order valence-corrected chi connectivity index (χ3v) is 6.56. The van der Waals surface area contributed by atoms with E-state index in [0.717, 1.165) is 6.42 Å². The predicted octanol–water partition coefficient (Wildman–Crippen LogP) is 1.53. The van der Waals surface area contributed by atoms with Crippen LogP contribution in [0.1, 0.15) is 73.6 Å². The number of hydroxylamine groups is 2. The average Bonchev–Trinajstić information content (AvgIpc) is 2.77. The van der Waals surface area contributed by atoms with Gasteiger partial charge in [0.15, 0.2) is 12.3 Å². The Bertz CT molecular complexity index is 862. The first-order chi connectivity index (χ1) is 17.2. The fourth-order valence-electron chi connectivity index (χ4n) is 4.77. The Morgan fingerprint density at radius 1 is 1.05 bits per heavy atom. The van der Waals surface area contributed by atoms with Crippen LogP contribution < -0.4 is 11.1 Å². The van der Waals surface area contributed by atoms with Crippen LogP contribution in [0.5, 0.6) is 0 Å². The smallest absolute Gasteiger partial charge is 0.433 e. The number of rotatable bonds is 12. The van der Waals surface area contributed by atoms with E-state index in [-0.39, 0.29) is 43.6 Å². The molecule has 2 aliphatic heterocycles. The molecule has 1 unspecified atom stereocenters. The van der Waals surface area contributed by atoms with E-state index < -0.39 is 48.2 Å². The number of nitrogens with one attached hydrogen (secondary N) is 1. The second kappa shape index (κ2) is 13.1. The molecule has 0 bridgehead atoms. The molecule has 0 radical (unpaired) electrons. The van der Waals surface area contributed by atoms with E-state index >= 15 is 0 Å². The summed E-state index contributed by atoms with van der Waals surface area (Å²) >= 11 is 0. The van der Waals surface area contributed by atoms with E-state index in [1.165, 1.54) is 9.80 Å². The Kier molecular flexibility index (Phi) is 10.7. The van der Waals surface area contributed by atoms with Crippen LogP contribution in [0.2, 0.25) is 0 Å². The van der Waals surface area contributed by atoms with Crippen LogP contribution in [0.15, 0.2) is 0 Å². The second-order valence-corrected chi connectivity index (χ2v) is 11.2. The fourth-order valence-corrected chi connectivity index (χ4v) is 4.77. The number of hydrogen-bond acceptors (Lipinski definition) is 6. The van der Waals surface area contributed by atoms with Crippen LogP contribution in [-0.2, 0) is 24.0 Å². The number of piperazine rings is 1. The largest absolute Gasteiger partial charge is 0.463 e. The number of carboxylic acid groups (broad SMARTS) is 1. The first kappa shape index (κ1) is 30.3. The molecule has 12 nitrogen and oxygen atoms in total. The predicted molar refractivity (Wildman–Crippen MR) is 134 cm³/mol. The lowest BCUT2D eigenvalue weighted by Gasteiger charge is -2.53. The van der Waals surface area contributed by atoms with Gasteiger partial charge in [-0.15, -0.1) is 0 Å². The zero-order chi connectivity index (χ0) is 28.0. The molecule has 2 aliphatic rings.